The Labute approximate surface area is 199 Å². The number of ether oxygens (including phenoxy) is 2. The van der Waals surface area contributed by atoms with Crippen LogP contribution in [0, 0.1) is 5.92 Å². The molecule has 13 heteroatoms. The third kappa shape index (κ3) is 5.12. The van der Waals surface area contributed by atoms with Crippen LogP contribution in [-0.2, 0) is 10.9 Å². The molecule has 3 aromatic rings. The van der Waals surface area contributed by atoms with Crippen LogP contribution in [0.4, 0.5) is 29.9 Å². The van der Waals surface area contributed by atoms with Gasteiger partial charge in [-0.25, -0.2) is 14.7 Å². The number of nitrogens with one attached hydrogen (secondary N) is 1. The lowest BCUT2D eigenvalue weighted by molar-refractivity contribution is -0.137. The van der Waals surface area contributed by atoms with Crippen LogP contribution < -0.4 is 15.0 Å². The second kappa shape index (κ2) is 9.39. The number of carbonyl (C=O) groups is 1. The van der Waals surface area contributed by atoms with Crippen molar-refractivity contribution in [3.8, 4) is 11.7 Å². The Hall–Kier alpha value is -3.90. The summed E-state index contributed by atoms with van der Waals surface area (Å²) < 4.78 is 50.4. The first kappa shape index (κ1) is 24.2. The van der Waals surface area contributed by atoms with E-state index in [1.165, 1.54) is 30.5 Å². The van der Waals surface area contributed by atoms with E-state index in [-0.39, 0.29) is 36.5 Å². The first-order chi connectivity index (χ1) is 16.6. The second-order valence-corrected chi connectivity index (χ2v) is 8.32. The standard InChI is InChI=1S/C22H24F3N7O3/c1-12(2)17-10-35-21(33)32(17)19-28-18(29-20(30-19)34-4)27-13(3)16-9-31(11-26-16)15-7-5-14(6-8-15)22(23,24)25/h5-9,11-13,17H,10H2,1-4H3,(H,27,28,29,30)/t13-,17+/m0/s1. The van der Waals surface area contributed by atoms with Crippen LogP contribution in [0.15, 0.2) is 36.8 Å². The third-order valence-electron chi connectivity index (χ3n) is 5.56. The van der Waals surface area contributed by atoms with Crippen molar-refractivity contribution >= 4 is 18.0 Å². The molecule has 186 valence electrons. The van der Waals surface area contributed by atoms with E-state index < -0.39 is 23.9 Å². The summed E-state index contributed by atoms with van der Waals surface area (Å²) >= 11 is 0. The van der Waals surface area contributed by atoms with Gasteiger partial charge in [0.25, 0.3) is 0 Å². The first-order valence-electron chi connectivity index (χ1n) is 10.8. The molecule has 0 saturated carbocycles. The predicted octanol–water partition coefficient (Wildman–Crippen LogP) is 4.24. The molecule has 2 atom stereocenters. The van der Waals surface area contributed by atoms with Crippen LogP contribution in [0.25, 0.3) is 5.69 Å². The van der Waals surface area contributed by atoms with Crippen molar-refractivity contribution in [2.24, 2.45) is 5.92 Å². The number of aromatic nitrogens is 5. The van der Waals surface area contributed by atoms with Gasteiger partial charge in [0, 0.05) is 11.9 Å². The summed E-state index contributed by atoms with van der Waals surface area (Å²) in [6.45, 7) is 5.97. The number of anilines is 2. The first-order valence-corrected chi connectivity index (χ1v) is 10.8. The molecule has 0 unspecified atom stereocenters. The van der Waals surface area contributed by atoms with Gasteiger partial charge in [-0.1, -0.05) is 13.8 Å². The zero-order valence-corrected chi connectivity index (χ0v) is 19.4. The summed E-state index contributed by atoms with van der Waals surface area (Å²) in [5, 5.41) is 3.10. The molecule has 3 heterocycles. The number of carbonyl (C=O) groups excluding carboxylic acids is 1. The van der Waals surface area contributed by atoms with Crippen molar-refractivity contribution in [2.75, 3.05) is 23.9 Å². The van der Waals surface area contributed by atoms with Crippen LogP contribution in [0.1, 0.15) is 38.1 Å². The number of hydrogen-bond donors (Lipinski definition) is 1. The molecule has 4 rings (SSSR count). The van der Waals surface area contributed by atoms with Crippen LogP contribution in [0.2, 0.25) is 0 Å². The van der Waals surface area contributed by atoms with E-state index in [0.29, 0.717) is 11.4 Å². The number of imidazole rings is 1. The predicted molar refractivity (Wildman–Crippen MR) is 119 cm³/mol. The summed E-state index contributed by atoms with van der Waals surface area (Å²) in [6.07, 6.45) is -1.76. The second-order valence-electron chi connectivity index (χ2n) is 8.32. The van der Waals surface area contributed by atoms with Crippen LogP contribution >= 0.6 is 0 Å². The van der Waals surface area contributed by atoms with Gasteiger partial charge in [-0.15, -0.1) is 0 Å². The molecule has 0 aliphatic carbocycles. The van der Waals surface area contributed by atoms with Crippen molar-refractivity contribution < 1.29 is 27.4 Å². The lowest BCUT2D eigenvalue weighted by Gasteiger charge is -2.23. The highest BCUT2D eigenvalue weighted by molar-refractivity contribution is 5.88. The van der Waals surface area contributed by atoms with E-state index in [0.717, 1.165) is 12.1 Å². The molecule has 0 spiro atoms. The topological polar surface area (TPSA) is 107 Å². The molecule has 1 aromatic carbocycles. The van der Waals surface area contributed by atoms with Crippen molar-refractivity contribution in [1.29, 1.82) is 0 Å². The molecular formula is C22H24F3N7O3. The number of methoxy groups -OCH3 is 1. The van der Waals surface area contributed by atoms with E-state index in [2.05, 4.69) is 25.3 Å². The number of cyclic esters (lactones) is 1. The molecule has 1 aliphatic heterocycles. The minimum absolute atomic E-state index is 0.0159. The molecule has 0 radical (unpaired) electrons. The molecule has 1 amide bonds. The number of benzene rings is 1. The van der Waals surface area contributed by atoms with Crippen LogP contribution in [-0.4, -0.2) is 50.4 Å². The Morgan fingerprint density at radius 3 is 2.49 bits per heavy atom. The summed E-state index contributed by atoms with van der Waals surface area (Å²) in [6, 6.07) is 4.16. The van der Waals surface area contributed by atoms with Crippen molar-refractivity contribution in [3.63, 3.8) is 0 Å². The Bertz CT molecular complexity index is 1200. The van der Waals surface area contributed by atoms with E-state index in [1.807, 2.05) is 20.8 Å². The molecular weight excluding hydrogens is 467 g/mol. The van der Waals surface area contributed by atoms with E-state index in [9.17, 15) is 18.0 Å². The Morgan fingerprint density at radius 1 is 1.14 bits per heavy atom. The molecule has 2 aromatic heterocycles. The fourth-order valence-corrected chi connectivity index (χ4v) is 3.56. The maximum absolute atomic E-state index is 12.8. The molecule has 1 saturated heterocycles. The molecule has 0 bridgehead atoms. The van der Waals surface area contributed by atoms with Gasteiger partial charge >= 0.3 is 18.3 Å². The van der Waals surface area contributed by atoms with Crippen LogP contribution in [0.5, 0.6) is 6.01 Å². The number of rotatable bonds is 7. The number of hydrogen-bond acceptors (Lipinski definition) is 8. The number of alkyl halides is 3. The SMILES string of the molecule is COc1nc(N[C@@H](C)c2cn(-c3ccc(C(F)(F)F)cc3)cn2)nc(N2C(=O)OC[C@@H]2C(C)C)n1. The van der Waals surface area contributed by atoms with Gasteiger partial charge in [-0.2, -0.15) is 28.1 Å². The summed E-state index contributed by atoms with van der Waals surface area (Å²) in [7, 11) is 1.40. The Morgan fingerprint density at radius 2 is 1.86 bits per heavy atom. The monoisotopic (exact) mass is 491 g/mol. The largest absolute Gasteiger partial charge is 0.467 e. The van der Waals surface area contributed by atoms with E-state index in [4.69, 9.17) is 9.47 Å². The highest BCUT2D eigenvalue weighted by Crippen LogP contribution is 2.30. The summed E-state index contributed by atoms with van der Waals surface area (Å²) in [5.74, 6) is 0.363. The Kier molecular flexibility index (Phi) is 6.50. The molecule has 10 nitrogen and oxygen atoms in total. The molecule has 35 heavy (non-hydrogen) atoms. The maximum Gasteiger partial charge on any atom is 0.417 e. The van der Waals surface area contributed by atoms with Crippen molar-refractivity contribution in [2.45, 2.75) is 39.0 Å². The Balaban J connectivity index is 1.54. The van der Waals surface area contributed by atoms with Crippen molar-refractivity contribution in [1.82, 2.24) is 24.5 Å². The minimum atomic E-state index is -4.40. The lowest BCUT2D eigenvalue weighted by Crippen LogP contribution is -2.38. The van der Waals surface area contributed by atoms with Crippen molar-refractivity contribution in [3.05, 3.63) is 48.0 Å². The quantitative estimate of drug-likeness (QED) is 0.523. The number of amides is 1. The van der Waals surface area contributed by atoms with Gasteiger partial charge in [-0.3, -0.25) is 0 Å². The van der Waals surface area contributed by atoms with Gasteiger partial charge in [-0.05, 0) is 37.1 Å². The third-order valence-corrected chi connectivity index (χ3v) is 5.56. The minimum Gasteiger partial charge on any atom is -0.467 e. The molecule has 1 N–H and O–H groups in total. The highest BCUT2D eigenvalue weighted by atomic mass is 19.4. The highest BCUT2D eigenvalue weighted by Gasteiger charge is 2.38. The maximum atomic E-state index is 12.8. The van der Waals surface area contributed by atoms with Gasteiger partial charge in [0.15, 0.2) is 0 Å². The molecule has 1 fully saturated rings. The van der Waals surface area contributed by atoms with Crippen LogP contribution in [0.3, 0.4) is 0 Å². The molecule has 1 aliphatic rings. The number of halogens is 3. The zero-order chi connectivity index (χ0) is 25.3. The lowest BCUT2D eigenvalue weighted by atomic mass is 10.1. The average Bonchev–Trinajstić information content (AvgIpc) is 3.45. The van der Waals surface area contributed by atoms with Gasteiger partial charge in [0.05, 0.1) is 36.8 Å². The van der Waals surface area contributed by atoms with Gasteiger partial charge in [0.1, 0.15) is 6.61 Å². The fraction of sp³-hybridized carbons (Fsp3) is 0.409. The smallest absolute Gasteiger partial charge is 0.417 e. The average molecular weight is 491 g/mol. The zero-order valence-electron chi connectivity index (χ0n) is 19.4. The summed E-state index contributed by atoms with van der Waals surface area (Å²) in [4.78, 5) is 30.8. The van der Waals surface area contributed by atoms with E-state index in [1.54, 1.807) is 10.8 Å². The number of nitrogens with zero attached hydrogens (tertiary/aromatic N) is 6. The van der Waals surface area contributed by atoms with Gasteiger partial charge in [0.2, 0.25) is 11.9 Å². The van der Waals surface area contributed by atoms with E-state index >= 15 is 0 Å². The fourth-order valence-electron chi connectivity index (χ4n) is 3.56. The normalized spacial score (nSPS) is 17.0. The summed E-state index contributed by atoms with van der Waals surface area (Å²) in [5.41, 5.74) is 0.393. The van der Waals surface area contributed by atoms with Gasteiger partial charge < -0.3 is 19.4 Å².